The van der Waals surface area contributed by atoms with Gasteiger partial charge in [0.05, 0.1) is 6.57 Å². The topological polar surface area (TPSA) is 28.1 Å². The molecule has 0 aliphatic rings. The van der Waals surface area contributed by atoms with Crippen LogP contribution < -0.4 is 0 Å². The summed E-state index contributed by atoms with van der Waals surface area (Å²) in [6.45, 7) is 7.24. The molecule has 24 heavy (non-hydrogen) atoms. The Morgan fingerprint density at radius 2 is 1.42 bits per heavy atom. The summed E-state index contributed by atoms with van der Waals surface area (Å²) in [4.78, 5) is 4.31. The van der Waals surface area contributed by atoms with E-state index in [0.717, 1.165) is 30.1 Å². The molecule has 5 aromatic rings. The van der Waals surface area contributed by atoms with Crippen molar-refractivity contribution in [3.8, 4) is 6.07 Å². The molecule has 3 aromatic carbocycles. The largest absolute Gasteiger partial charge is 0.242 e. The van der Waals surface area contributed by atoms with Crippen LogP contribution in [-0.4, -0.2) is 0 Å². The van der Waals surface area contributed by atoms with E-state index in [2.05, 4.69) is 47.3 Å². The van der Waals surface area contributed by atoms with Gasteiger partial charge in [-0.1, -0.05) is 12.1 Å². The van der Waals surface area contributed by atoms with Crippen LogP contribution in [0.2, 0.25) is 0 Å². The highest BCUT2D eigenvalue weighted by Gasteiger charge is 2.10. The average Bonchev–Trinajstić information content (AvgIpc) is 3.23. The molecular formula is C20H8N2S2. The molecule has 4 heteroatoms. The Hall–Kier alpha value is -2.92. The van der Waals surface area contributed by atoms with Crippen molar-refractivity contribution in [2.45, 2.75) is 0 Å². The number of hydrogen-bond acceptors (Lipinski definition) is 3. The second kappa shape index (κ2) is 4.79. The van der Waals surface area contributed by atoms with Gasteiger partial charge in [0.25, 0.3) is 0 Å². The number of benzene rings is 3. The Labute approximate surface area is 145 Å². The minimum Gasteiger partial charge on any atom is -0.227 e. The first-order valence-electron chi connectivity index (χ1n) is 7.37. The van der Waals surface area contributed by atoms with E-state index in [4.69, 9.17) is 11.8 Å². The highest BCUT2D eigenvalue weighted by Crippen LogP contribution is 2.39. The van der Waals surface area contributed by atoms with Crippen molar-refractivity contribution in [2.24, 2.45) is 0 Å². The predicted octanol–water partition coefficient (Wildman–Crippen LogP) is 6.84. The molecule has 0 amide bonds. The molecule has 2 aromatic heterocycles. The Kier molecular flexibility index (Phi) is 2.69. The minimum atomic E-state index is 0.726. The summed E-state index contributed by atoms with van der Waals surface area (Å²) in [5, 5.41) is 16.9. The van der Waals surface area contributed by atoms with Gasteiger partial charge in [0.1, 0.15) is 10.9 Å². The summed E-state index contributed by atoms with van der Waals surface area (Å²) < 4.78 is 2.29. The zero-order valence-corrected chi connectivity index (χ0v) is 14.0. The molecule has 0 N–H and O–H groups in total. The van der Waals surface area contributed by atoms with Crippen LogP contribution in [0.3, 0.4) is 0 Å². The van der Waals surface area contributed by atoms with Gasteiger partial charge in [0, 0.05) is 14.8 Å². The van der Waals surface area contributed by atoms with Gasteiger partial charge >= 0.3 is 0 Å². The molecule has 2 nitrogen and oxygen atoms in total. The molecule has 0 atom stereocenters. The van der Waals surface area contributed by atoms with Crippen LogP contribution in [0.25, 0.3) is 46.6 Å². The van der Waals surface area contributed by atoms with Gasteiger partial charge in [-0.3, -0.25) is 0 Å². The molecule has 0 bridgehead atoms. The van der Waals surface area contributed by atoms with Crippen molar-refractivity contribution < 1.29 is 0 Å². The Morgan fingerprint density at radius 3 is 2.04 bits per heavy atom. The van der Waals surface area contributed by atoms with Crippen LogP contribution in [0.4, 0.5) is 5.00 Å². The second-order valence-electron chi connectivity index (χ2n) is 5.67. The second-order valence-corrected chi connectivity index (χ2v) is 7.81. The molecule has 0 spiro atoms. The lowest BCUT2D eigenvalue weighted by molar-refractivity contribution is 1.52. The molecule has 110 valence electrons. The van der Waals surface area contributed by atoms with E-state index >= 15 is 0 Å². The first kappa shape index (κ1) is 13.5. The van der Waals surface area contributed by atoms with Crippen LogP contribution >= 0.6 is 22.7 Å². The molecule has 0 aliphatic heterocycles. The van der Waals surface area contributed by atoms with Crippen molar-refractivity contribution in [3.05, 3.63) is 64.8 Å². The van der Waals surface area contributed by atoms with Crippen molar-refractivity contribution >= 4 is 69.4 Å². The van der Waals surface area contributed by atoms with E-state index in [0.29, 0.717) is 0 Å². The number of hydrogen-bond donors (Lipinski definition) is 0. The van der Waals surface area contributed by atoms with Crippen molar-refractivity contribution in [2.75, 3.05) is 0 Å². The standard InChI is InChI=1S/C20H8N2S2/c1-22-20-9-17-15-7-11-2-4-18-16(8-13(10-21)23-18)14(11)6-12(15)3-5-19(17)24-20/h2-9H. The summed E-state index contributed by atoms with van der Waals surface area (Å²) in [5.74, 6) is 0. The monoisotopic (exact) mass is 340 g/mol. The smallest absolute Gasteiger partial charge is 0.227 e. The maximum absolute atomic E-state index is 9.16. The van der Waals surface area contributed by atoms with E-state index < -0.39 is 0 Å². The van der Waals surface area contributed by atoms with Gasteiger partial charge in [-0.05, 0) is 63.3 Å². The number of nitrogens with zero attached hydrogens (tertiary/aromatic N) is 2. The first-order chi connectivity index (χ1) is 11.8. The fourth-order valence-electron chi connectivity index (χ4n) is 3.28. The van der Waals surface area contributed by atoms with Crippen molar-refractivity contribution in [1.82, 2.24) is 0 Å². The maximum atomic E-state index is 9.16. The minimum absolute atomic E-state index is 0.726. The van der Waals surface area contributed by atoms with Crippen LogP contribution in [0.5, 0.6) is 0 Å². The molecule has 0 aliphatic carbocycles. The van der Waals surface area contributed by atoms with E-state index in [-0.39, 0.29) is 0 Å². The van der Waals surface area contributed by atoms with E-state index in [1.807, 2.05) is 12.1 Å². The highest BCUT2D eigenvalue weighted by atomic mass is 32.1. The fraction of sp³-hybridized carbons (Fsp3) is 0. The SMILES string of the molecule is [C-]#[N+]c1cc2c(ccc3cc4c(ccc5sc(C#N)cc54)cc32)s1. The third kappa shape index (κ3) is 1.79. The highest BCUT2D eigenvalue weighted by molar-refractivity contribution is 7.23. The van der Waals surface area contributed by atoms with Gasteiger partial charge < -0.3 is 0 Å². The average molecular weight is 340 g/mol. The third-order valence-electron chi connectivity index (χ3n) is 4.36. The number of thiophene rings is 2. The Morgan fingerprint density at radius 1 is 0.792 bits per heavy atom. The lowest BCUT2D eigenvalue weighted by atomic mass is 9.99. The van der Waals surface area contributed by atoms with Gasteiger partial charge in [-0.15, -0.1) is 11.3 Å². The fourth-order valence-corrected chi connectivity index (χ4v) is 5.02. The number of nitriles is 1. The van der Waals surface area contributed by atoms with E-state index in [1.54, 1.807) is 0 Å². The number of fused-ring (bicyclic) bond motifs is 6. The lowest BCUT2D eigenvalue weighted by Gasteiger charge is -2.05. The van der Waals surface area contributed by atoms with Gasteiger partial charge in [0.2, 0.25) is 5.00 Å². The Balaban J connectivity index is 1.95. The molecule has 2 heterocycles. The molecule has 0 unspecified atom stereocenters. The van der Waals surface area contributed by atoms with Gasteiger partial charge in [0.15, 0.2) is 0 Å². The van der Waals surface area contributed by atoms with Crippen molar-refractivity contribution in [3.63, 3.8) is 0 Å². The summed E-state index contributed by atoms with van der Waals surface area (Å²) in [7, 11) is 0. The van der Waals surface area contributed by atoms with Gasteiger partial charge in [-0.2, -0.15) is 16.6 Å². The summed E-state index contributed by atoms with van der Waals surface area (Å²) >= 11 is 3.07. The van der Waals surface area contributed by atoms with Crippen molar-refractivity contribution in [1.29, 1.82) is 5.26 Å². The number of rotatable bonds is 0. The van der Waals surface area contributed by atoms with Crippen LogP contribution in [0.1, 0.15) is 4.88 Å². The van der Waals surface area contributed by atoms with Gasteiger partial charge in [-0.25, -0.2) is 4.85 Å². The summed E-state index contributed by atoms with van der Waals surface area (Å²) in [6, 6.07) is 19.0. The van der Waals surface area contributed by atoms with Crippen LogP contribution in [-0.2, 0) is 0 Å². The zero-order chi connectivity index (χ0) is 16.3. The lowest BCUT2D eigenvalue weighted by Crippen LogP contribution is -1.78. The van der Waals surface area contributed by atoms with Crippen LogP contribution in [0.15, 0.2) is 48.5 Å². The molecule has 0 fully saturated rings. The molecule has 0 saturated carbocycles. The molecule has 0 radical (unpaired) electrons. The molecule has 0 saturated heterocycles. The quantitative estimate of drug-likeness (QED) is 0.224. The zero-order valence-electron chi connectivity index (χ0n) is 12.3. The normalized spacial score (nSPS) is 11.2. The predicted molar refractivity (Wildman–Crippen MR) is 103 cm³/mol. The molecule has 5 rings (SSSR count). The first-order valence-corrected chi connectivity index (χ1v) is 9.00. The Bertz CT molecular complexity index is 1270. The van der Waals surface area contributed by atoms with E-state index in [1.165, 1.54) is 44.2 Å². The van der Waals surface area contributed by atoms with Crippen LogP contribution in [0, 0.1) is 17.9 Å². The third-order valence-corrected chi connectivity index (χ3v) is 6.36. The van der Waals surface area contributed by atoms with E-state index in [9.17, 15) is 0 Å². The molecular weight excluding hydrogens is 332 g/mol. The summed E-state index contributed by atoms with van der Waals surface area (Å²) in [6.07, 6.45) is 0. The maximum Gasteiger partial charge on any atom is 0.242 e. The summed E-state index contributed by atoms with van der Waals surface area (Å²) in [5.41, 5.74) is 0.